The van der Waals surface area contributed by atoms with Crippen LogP contribution in [0.3, 0.4) is 0 Å². The number of rotatable bonds is 3. The number of halogens is 1. The molecule has 2 rings (SSSR count). The number of nitrogens with two attached hydrogens (primary N) is 1. The molecule has 1 aromatic rings. The molecule has 5 nitrogen and oxygen atoms in total. The van der Waals surface area contributed by atoms with Gasteiger partial charge in [0.05, 0.1) is 11.0 Å². The van der Waals surface area contributed by atoms with E-state index >= 15 is 0 Å². The zero-order valence-electron chi connectivity index (χ0n) is 10.2. The Morgan fingerprint density at radius 1 is 1.50 bits per heavy atom. The molecule has 1 aliphatic rings. The summed E-state index contributed by atoms with van der Waals surface area (Å²) in [6.07, 6.45) is 0. The predicted octanol–water partition coefficient (Wildman–Crippen LogP) is 1.51. The molecule has 1 heterocycles. The van der Waals surface area contributed by atoms with Gasteiger partial charge in [0.2, 0.25) is 0 Å². The van der Waals surface area contributed by atoms with E-state index in [-0.39, 0.29) is 11.7 Å². The summed E-state index contributed by atoms with van der Waals surface area (Å²) in [5.74, 6) is -0.177. The van der Waals surface area contributed by atoms with Crippen molar-refractivity contribution in [2.75, 3.05) is 13.1 Å². The van der Waals surface area contributed by atoms with E-state index in [9.17, 15) is 14.5 Å². The van der Waals surface area contributed by atoms with Crippen molar-refractivity contribution in [3.63, 3.8) is 0 Å². The average Bonchev–Trinajstić information content (AvgIpc) is 2.56. The van der Waals surface area contributed by atoms with Gasteiger partial charge in [-0.1, -0.05) is 6.92 Å². The van der Waals surface area contributed by atoms with E-state index in [4.69, 9.17) is 5.73 Å². The maximum absolute atomic E-state index is 13.3. The second-order valence-corrected chi connectivity index (χ2v) is 4.91. The highest BCUT2D eigenvalue weighted by Crippen LogP contribution is 2.21. The van der Waals surface area contributed by atoms with E-state index in [0.29, 0.717) is 18.0 Å². The van der Waals surface area contributed by atoms with Gasteiger partial charge in [-0.25, -0.2) is 4.39 Å². The normalized spacial score (nSPS) is 24.4. The second-order valence-electron chi connectivity index (χ2n) is 4.91. The van der Waals surface area contributed by atoms with Crippen LogP contribution in [0.15, 0.2) is 18.2 Å². The molecule has 1 aliphatic heterocycles. The van der Waals surface area contributed by atoms with Gasteiger partial charge in [0, 0.05) is 31.7 Å². The molecule has 98 valence electrons. The first-order valence-electron chi connectivity index (χ1n) is 5.87. The van der Waals surface area contributed by atoms with Crippen molar-refractivity contribution >= 4 is 5.69 Å². The Hall–Kier alpha value is -1.53. The lowest BCUT2D eigenvalue weighted by Gasteiger charge is -2.15. The molecule has 2 atom stereocenters. The van der Waals surface area contributed by atoms with Gasteiger partial charge in [-0.05, 0) is 17.5 Å². The lowest BCUT2D eigenvalue weighted by Crippen LogP contribution is -2.28. The molecule has 1 saturated heterocycles. The molecule has 6 heteroatoms. The van der Waals surface area contributed by atoms with Crippen molar-refractivity contribution in [2.45, 2.75) is 19.5 Å². The third-order valence-corrected chi connectivity index (χ3v) is 3.31. The smallest absolute Gasteiger partial charge is 0.272 e. The van der Waals surface area contributed by atoms with Crippen molar-refractivity contribution in [1.29, 1.82) is 0 Å². The van der Waals surface area contributed by atoms with Crippen LogP contribution in [0.2, 0.25) is 0 Å². The van der Waals surface area contributed by atoms with Gasteiger partial charge in [-0.2, -0.15) is 0 Å². The summed E-state index contributed by atoms with van der Waals surface area (Å²) in [6.45, 7) is 4.15. The summed E-state index contributed by atoms with van der Waals surface area (Å²) in [5, 5.41) is 10.7. The van der Waals surface area contributed by atoms with Gasteiger partial charge in [0.1, 0.15) is 5.82 Å². The molecule has 2 unspecified atom stereocenters. The van der Waals surface area contributed by atoms with Gasteiger partial charge >= 0.3 is 0 Å². The van der Waals surface area contributed by atoms with E-state index in [1.54, 1.807) is 0 Å². The number of likely N-dealkylation sites (tertiary alicyclic amines) is 1. The summed E-state index contributed by atoms with van der Waals surface area (Å²) in [4.78, 5) is 12.2. The summed E-state index contributed by atoms with van der Waals surface area (Å²) in [6, 6.07) is 3.80. The maximum atomic E-state index is 13.3. The summed E-state index contributed by atoms with van der Waals surface area (Å²) in [5.41, 5.74) is 6.31. The maximum Gasteiger partial charge on any atom is 0.272 e. The Balaban J connectivity index is 2.12. The van der Waals surface area contributed by atoms with E-state index in [0.717, 1.165) is 19.2 Å². The summed E-state index contributed by atoms with van der Waals surface area (Å²) in [7, 11) is 0. The Kier molecular flexibility index (Phi) is 3.58. The van der Waals surface area contributed by atoms with Crippen molar-refractivity contribution in [3.8, 4) is 0 Å². The van der Waals surface area contributed by atoms with Gasteiger partial charge < -0.3 is 5.73 Å². The highest BCUT2D eigenvalue weighted by Gasteiger charge is 2.26. The first-order chi connectivity index (χ1) is 8.45. The van der Waals surface area contributed by atoms with Crippen LogP contribution < -0.4 is 5.73 Å². The molecule has 0 radical (unpaired) electrons. The summed E-state index contributed by atoms with van der Waals surface area (Å²) >= 11 is 0. The molecule has 0 spiro atoms. The van der Waals surface area contributed by atoms with Gasteiger partial charge in [-0.15, -0.1) is 0 Å². The minimum atomic E-state index is -0.578. The fourth-order valence-corrected chi connectivity index (χ4v) is 2.31. The van der Waals surface area contributed by atoms with E-state index in [2.05, 4.69) is 11.8 Å². The number of nitro groups is 1. The van der Waals surface area contributed by atoms with Gasteiger partial charge in [-0.3, -0.25) is 15.0 Å². The van der Waals surface area contributed by atoms with Crippen LogP contribution in [0.1, 0.15) is 12.5 Å². The molecule has 2 N–H and O–H groups in total. The predicted molar refractivity (Wildman–Crippen MR) is 65.5 cm³/mol. The molecule has 1 fully saturated rings. The minimum Gasteiger partial charge on any atom is -0.326 e. The van der Waals surface area contributed by atoms with Crippen LogP contribution in [0, 0.1) is 21.8 Å². The molecular weight excluding hydrogens is 237 g/mol. The minimum absolute atomic E-state index is 0.119. The van der Waals surface area contributed by atoms with Crippen LogP contribution in [-0.2, 0) is 6.54 Å². The number of hydrogen-bond acceptors (Lipinski definition) is 4. The molecule has 1 aromatic carbocycles. The molecule has 0 bridgehead atoms. The number of hydrogen-bond donors (Lipinski definition) is 1. The number of non-ortho nitro benzene ring substituents is 1. The Morgan fingerprint density at radius 2 is 2.22 bits per heavy atom. The van der Waals surface area contributed by atoms with Crippen molar-refractivity contribution in [1.82, 2.24) is 4.90 Å². The topological polar surface area (TPSA) is 72.4 Å². The molecule has 0 amide bonds. The molecule has 0 aromatic heterocycles. The van der Waals surface area contributed by atoms with Crippen LogP contribution in [0.25, 0.3) is 0 Å². The molecule has 18 heavy (non-hydrogen) atoms. The SMILES string of the molecule is CC1CN(Cc2cc(F)cc([N+](=O)[O-])c2)CC1N. The van der Waals surface area contributed by atoms with E-state index in [1.165, 1.54) is 12.1 Å². The fraction of sp³-hybridized carbons (Fsp3) is 0.500. The van der Waals surface area contributed by atoms with Crippen LogP contribution in [0.4, 0.5) is 10.1 Å². The fourth-order valence-electron chi connectivity index (χ4n) is 2.31. The lowest BCUT2D eigenvalue weighted by molar-refractivity contribution is -0.385. The molecule has 0 saturated carbocycles. The van der Waals surface area contributed by atoms with Gasteiger partial charge in [0.25, 0.3) is 5.69 Å². The van der Waals surface area contributed by atoms with Crippen molar-refractivity contribution in [2.24, 2.45) is 11.7 Å². The Labute approximate surface area is 105 Å². The largest absolute Gasteiger partial charge is 0.326 e. The summed E-state index contributed by atoms with van der Waals surface area (Å²) < 4.78 is 13.3. The zero-order chi connectivity index (χ0) is 13.3. The number of nitro benzene ring substituents is 1. The van der Waals surface area contributed by atoms with Crippen LogP contribution >= 0.6 is 0 Å². The first kappa shape index (κ1) is 12.9. The van der Waals surface area contributed by atoms with E-state index in [1.807, 2.05) is 0 Å². The zero-order valence-corrected chi connectivity index (χ0v) is 10.2. The standard InChI is InChI=1S/C12H16FN3O2/c1-8-5-15(7-12(8)14)6-9-2-10(13)4-11(3-9)16(17)18/h2-4,8,12H,5-7,14H2,1H3. The highest BCUT2D eigenvalue weighted by atomic mass is 19.1. The lowest BCUT2D eigenvalue weighted by atomic mass is 10.1. The monoisotopic (exact) mass is 253 g/mol. The van der Waals surface area contributed by atoms with Gasteiger partial charge in [0.15, 0.2) is 0 Å². The second kappa shape index (κ2) is 4.99. The number of benzene rings is 1. The Morgan fingerprint density at radius 3 is 2.78 bits per heavy atom. The van der Waals surface area contributed by atoms with Crippen molar-refractivity contribution < 1.29 is 9.31 Å². The number of nitrogens with zero attached hydrogens (tertiary/aromatic N) is 2. The quantitative estimate of drug-likeness (QED) is 0.654. The highest BCUT2D eigenvalue weighted by molar-refractivity contribution is 5.35. The van der Waals surface area contributed by atoms with Crippen LogP contribution in [0.5, 0.6) is 0 Å². The third kappa shape index (κ3) is 2.83. The molecule has 0 aliphatic carbocycles. The average molecular weight is 253 g/mol. The van der Waals surface area contributed by atoms with Crippen LogP contribution in [-0.4, -0.2) is 29.0 Å². The van der Waals surface area contributed by atoms with Crippen molar-refractivity contribution in [3.05, 3.63) is 39.7 Å². The van der Waals surface area contributed by atoms with E-state index < -0.39 is 10.7 Å². The Bertz CT molecular complexity index is 457. The molecular formula is C12H16FN3O2. The first-order valence-corrected chi connectivity index (χ1v) is 5.87. The third-order valence-electron chi connectivity index (χ3n) is 3.31.